The normalized spacial score (nSPS) is 13.2. The summed E-state index contributed by atoms with van der Waals surface area (Å²) in [5, 5.41) is 8.58. The van der Waals surface area contributed by atoms with Crippen molar-refractivity contribution in [1.82, 2.24) is 4.57 Å². The highest BCUT2D eigenvalue weighted by atomic mass is 79.9. The molecule has 0 fully saturated rings. The van der Waals surface area contributed by atoms with Gasteiger partial charge < -0.3 is 5.11 Å². The molecule has 1 aromatic rings. The maximum absolute atomic E-state index is 8.94. The first-order chi connectivity index (χ1) is 5.68. The van der Waals surface area contributed by atoms with Crippen molar-refractivity contribution in [2.45, 2.75) is 24.4 Å². The van der Waals surface area contributed by atoms with Crippen LogP contribution in [0.3, 0.4) is 0 Å². The topological polar surface area (TPSA) is 29.0 Å². The van der Waals surface area contributed by atoms with Crippen LogP contribution in [0.4, 0.5) is 0 Å². The number of rotatable bonds is 4. The molecule has 4 heteroatoms. The summed E-state index contributed by atoms with van der Waals surface area (Å²) < 4.78 is 4.11. The van der Waals surface area contributed by atoms with E-state index in [-0.39, 0.29) is 5.01 Å². The van der Waals surface area contributed by atoms with Crippen LogP contribution in [-0.4, -0.2) is 14.7 Å². The van der Waals surface area contributed by atoms with E-state index in [0.717, 1.165) is 19.4 Å². The Morgan fingerprint density at radius 2 is 2.42 bits per heavy atom. The van der Waals surface area contributed by atoms with Crippen LogP contribution in [0.25, 0.3) is 0 Å². The van der Waals surface area contributed by atoms with Gasteiger partial charge in [0, 0.05) is 0 Å². The Hall–Kier alpha value is -0.350. The molecule has 1 aromatic heterocycles. The molecule has 0 aliphatic rings. The summed E-state index contributed by atoms with van der Waals surface area (Å²) in [7, 11) is 2.00. The second-order valence-corrected chi connectivity index (χ2v) is 3.95. The number of alkyl halides is 1. The van der Waals surface area contributed by atoms with Crippen molar-refractivity contribution in [3.05, 3.63) is 18.7 Å². The van der Waals surface area contributed by atoms with Crippen molar-refractivity contribution in [2.24, 2.45) is 7.05 Å². The van der Waals surface area contributed by atoms with E-state index in [1.54, 1.807) is 0 Å². The number of aliphatic hydroxyl groups is 1. The molecule has 1 unspecified atom stereocenters. The number of imidazole rings is 1. The quantitative estimate of drug-likeness (QED) is 0.606. The molecular weight excluding hydrogens is 220 g/mol. The zero-order chi connectivity index (χ0) is 8.97. The highest BCUT2D eigenvalue weighted by Gasteiger charge is 2.01. The van der Waals surface area contributed by atoms with E-state index in [1.807, 2.05) is 30.3 Å². The number of aryl methyl sites for hydroxylation is 2. The van der Waals surface area contributed by atoms with E-state index in [2.05, 4.69) is 20.5 Å². The zero-order valence-corrected chi connectivity index (χ0v) is 8.74. The summed E-state index contributed by atoms with van der Waals surface area (Å²) in [6.07, 6.45) is 7.84. The molecule has 0 saturated carbocycles. The van der Waals surface area contributed by atoms with Crippen molar-refractivity contribution < 1.29 is 9.67 Å². The maximum Gasteiger partial charge on any atom is 0.243 e. The number of hydrogen-bond donors (Lipinski definition) is 1. The first-order valence-corrected chi connectivity index (χ1v) is 4.93. The summed E-state index contributed by atoms with van der Waals surface area (Å²) in [6.45, 7) is 0.962. The van der Waals surface area contributed by atoms with Gasteiger partial charge in [0.25, 0.3) is 0 Å². The summed E-state index contributed by atoms with van der Waals surface area (Å²) >= 11 is 3.09. The molecule has 0 amide bonds. The fraction of sp³-hybridized carbons (Fsp3) is 0.625. The first-order valence-electron chi connectivity index (χ1n) is 4.01. The second-order valence-electron chi connectivity index (χ2n) is 2.89. The average molecular weight is 234 g/mol. The van der Waals surface area contributed by atoms with E-state index in [9.17, 15) is 0 Å². The molecule has 0 bridgehead atoms. The lowest BCUT2D eigenvalue weighted by Crippen LogP contribution is -2.23. The van der Waals surface area contributed by atoms with E-state index in [1.165, 1.54) is 0 Å². The fourth-order valence-electron chi connectivity index (χ4n) is 1.08. The third-order valence-electron chi connectivity index (χ3n) is 1.68. The van der Waals surface area contributed by atoms with Crippen LogP contribution in [0.15, 0.2) is 18.7 Å². The predicted molar refractivity (Wildman–Crippen MR) is 49.8 cm³/mol. The lowest BCUT2D eigenvalue weighted by atomic mass is 10.3. The van der Waals surface area contributed by atoms with Gasteiger partial charge in [0.15, 0.2) is 0 Å². The van der Waals surface area contributed by atoms with Crippen LogP contribution in [0.1, 0.15) is 12.8 Å². The molecule has 0 aromatic carbocycles. The van der Waals surface area contributed by atoms with Crippen molar-refractivity contribution in [2.75, 3.05) is 0 Å². The Morgan fingerprint density at radius 3 is 2.92 bits per heavy atom. The van der Waals surface area contributed by atoms with Gasteiger partial charge in [-0.25, -0.2) is 9.13 Å². The minimum absolute atomic E-state index is 0.359. The van der Waals surface area contributed by atoms with Gasteiger partial charge in [-0.2, -0.15) is 0 Å². The lowest BCUT2D eigenvalue weighted by molar-refractivity contribution is -0.671. The monoisotopic (exact) mass is 233 g/mol. The van der Waals surface area contributed by atoms with Crippen molar-refractivity contribution in [1.29, 1.82) is 0 Å². The molecule has 0 spiro atoms. The van der Waals surface area contributed by atoms with Gasteiger partial charge in [0.2, 0.25) is 6.33 Å². The number of aromatic nitrogens is 2. The molecule has 1 rings (SSSR count). The zero-order valence-electron chi connectivity index (χ0n) is 7.15. The molecule has 68 valence electrons. The van der Waals surface area contributed by atoms with Crippen LogP contribution in [-0.2, 0) is 13.6 Å². The SMILES string of the molecule is C[n+]1ccn(CCCC(O)Br)c1. The summed E-state index contributed by atoms with van der Waals surface area (Å²) in [6, 6.07) is 0. The summed E-state index contributed by atoms with van der Waals surface area (Å²) in [5.41, 5.74) is 0. The van der Waals surface area contributed by atoms with Gasteiger partial charge in [0.05, 0.1) is 13.6 Å². The Morgan fingerprint density at radius 1 is 1.67 bits per heavy atom. The molecule has 3 nitrogen and oxygen atoms in total. The second kappa shape index (κ2) is 4.62. The van der Waals surface area contributed by atoms with Crippen LogP contribution >= 0.6 is 15.9 Å². The molecule has 0 radical (unpaired) electrons. The van der Waals surface area contributed by atoms with E-state index in [4.69, 9.17) is 5.11 Å². The van der Waals surface area contributed by atoms with Crippen molar-refractivity contribution in [3.63, 3.8) is 0 Å². The molecule has 1 heterocycles. The minimum atomic E-state index is -0.359. The molecule has 1 atom stereocenters. The lowest BCUT2D eigenvalue weighted by Gasteiger charge is -1.99. The summed E-state index contributed by atoms with van der Waals surface area (Å²) in [5.74, 6) is 0. The van der Waals surface area contributed by atoms with Gasteiger partial charge in [-0.3, -0.25) is 0 Å². The largest absolute Gasteiger partial charge is 0.382 e. The molecule has 12 heavy (non-hydrogen) atoms. The molecule has 0 saturated heterocycles. The van der Waals surface area contributed by atoms with Gasteiger partial charge in [0.1, 0.15) is 17.4 Å². The highest BCUT2D eigenvalue weighted by Crippen LogP contribution is 2.04. The van der Waals surface area contributed by atoms with E-state index >= 15 is 0 Å². The number of hydrogen-bond acceptors (Lipinski definition) is 1. The van der Waals surface area contributed by atoms with E-state index < -0.39 is 0 Å². The highest BCUT2D eigenvalue weighted by molar-refractivity contribution is 9.09. The molecule has 0 aliphatic carbocycles. The van der Waals surface area contributed by atoms with Gasteiger partial charge in [-0.1, -0.05) is 15.9 Å². The van der Waals surface area contributed by atoms with E-state index in [0.29, 0.717) is 0 Å². The van der Waals surface area contributed by atoms with Gasteiger partial charge >= 0.3 is 0 Å². The number of aliphatic hydroxyl groups excluding tert-OH is 1. The molecular formula is C8H14BrN2O+. The Bertz CT molecular complexity index is 235. The molecule has 0 aliphatic heterocycles. The van der Waals surface area contributed by atoms with Gasteiger partial charge in [-0.05, 0) is 12.8 Å². The predicted octanol–water partition coefficient (Wildman–Crippen LogP) is 0.806. The Balaban J connectivity index is 2.24. The Labute approximate surface area is 80.8 Å². The third kappa shape index (κ3) is 3.36. The minimum Gasteiger partial charge on any atom is -0.382 e. The van der Waals surface area contributed by atoms with Crippen LogP contribution in [0, 0.1) is 0 Å². The molecule has 1 N–H and O–H groups in total. The Kier molecular flexibility index (Phi) is 3.75. The fourth-order valence-corrected chi connectivity index (χ4v) is 1.40. The summed E-state index contributed by atoms with van der Waals surface area (Å²) in [4.78, 5) is 0. The standard InChI is InChI=1S/C8H14BrN2O/c1-10-5-6-11(7-10)4-2-3-8(9)12/h5-8,12H,2-4H2,1H3/q+1. The van der Waals surface area contributed by atoms with Crippen molar-refractivity contribution >= 4 is 15.9 Å². The van der Waals surface area contributed by atoms with Crippen LogP contribution in [0.2, 0.25) is 0 Å². The van der Waals surface area contributed by atoms with Crippen LogP contribution < -0.4 is 4.57 Å². The number of halogens is 1. The smallest absolute Gasteiger partial charge is 0.243 e. The third-order valence-corrected chi connectivity index (χ3v) is 2.14. The van der Waals surface area contributed by atoms with Crippen LogP contribution in [0.5, 0.6) is 0 Å². The van der Waals surface area contributed by atoms with Crippen molar-refractivity contribution in [3.8, 4) is 0 Å². The number of nitrogens with zero attached hydrogens (tertiary/aromatic N) is 2. The average Bonchev–Trinajstić information content (AvgIpc) is 2.35. The van der Waals surface area contributed by atoms with Gasteiger partial charge in [-0.15, -0.1) is 0 Å². The maximum atomic E-state index is 8.94. The first kappa shape index (κ1) is 9.74.